The lowest BCUT2D eigenvalue weighted by atomic mass is 10.2. The van der Waals surface area contributed by atoms with Crippen molar-refractivity contribution in [2.24, 2.45) is 5.90 Å². The first kappa shape index (κ1) is 8.48. The Bertz CT molecular complexity index is 312. The zero-order chi connectivity index (χ0) is 9.14. The number of nitro groups is 1. The molecule has 0 atom stereocenters. The van der Waals surface area contributed by atoms with Crippen molar-refractivity contribution in [2.45, 2.75) is 6.92 Å². The van der Waals surface area contributed by atoms with Crippen LogP contribution in [0.3, 0.4) is 0 Å². The molecule has 0 spiro atoms. The van der Waals surface area contributed by atoms with Gasteiger partial charge in [-0.2, -0.15) is 5.90 Å². The fraction of sp³-hybridized carbons (Fsp3) is 0.143. The number of nitrogens with two attached hydrogens (primary N) is 1. The van der Waals surface area contributed by atoms with E-state index in [9.17, 15) is 10.1 Å². The van der Waals surface area contributed by atoms with E-state index in [0.717, 1.165) is 5.56 Å². The Morgan fingerprint density at radius 2 is 2.25 bits per heavy atom. The van der Waals surface area contributed by atoms with Gasteiger partial charge in [0.1, 0.15) is 0 Å². The molecule has 0 heterocycles. The van der Waals surface area contributed by atoms with Gasteiger partial charge in [0.25, 0.3) is 0 Å². The van der Waals surface area contributed by atoms with Crippen LogP contribution < -0.4 is 10.7 Å². The van der Waals surface area contributed by atoms with Crippen LogP contribution in [0.15, 0.2) is 18.2 Å². The molecule has 1 aromatic rings. The second-order valence-electron chi connectivity index (χ2n) is 2.35. The van der Waals surface area contributed by atoms with Crippen molar-refractivity contribution in [1.29, 1.82) is 0 Å². The van der Waals surface area contributed by atoms with E-state index in [-0.39, 0.29) is 11.4 Å². The summed E-state index contributed by atoms with van der Waals surface area (Å²) < 4.78 is 0. The molecule has 0 radical (unpaired) electrons. The summed E-state index contributed by atoms with van der Waals surface area (Å²) in [5.41, 5.74) is 0.681. The normalized spacial score (nSPS) is 9.50. The molecule has 12 heavy (non-hydrogen) atoms. The Kier molecular flexibility index (Phi) is 2.25. The Morgan fingerprint density at radius 1 is 1.58 bits per heavy atom. The van der Waals surface area contributed by atoms with Crippen LogP contribution in [0.1, 0.15) is 5.56 Å². The lowest BCUT2D eigenvalue weighted by Crippen LogP contribution is -2.04. The predicted octanol–water partition coefficient (Wildman–Crippen LogP) is 1.16. The van der Waals surface area contributed by atoms with Crippen molar-refractivity contribution in [3.63, 3.8) is 0 Å². The Labute approximate surface area is 68.9 Å². The number of hydrogen-bond acceptors (Lipinski definition) is 4. The van der Waals surface area contributed by atoms with Crippen LogP contribution in [-0.2, 0) is 0 Å². The fourth-order valence-corrected chi connectivity index (χ4v) is 0.870. The van der Waals surface area contributed by atoms with Crippen LogP contribution in [0.5, 0.6) is 5.75 Å². The zero-order valence-electron chi connectivity index (χ0n) is 6.48. The molecule has 0 saturated heterocycles. The van der Waals surface area contributed by atoms with Gasteiger partial charge in [-0.3, -0.25) is 10.1 Å². The third-order valence-corrected chi connectivity index (χ3v) is 1.44. The predicted molar refractivity (Wildman–Crippen MR) is 42.6 cm³/mol. The first-order valence-corrected chi connectivity index (χ1v) is 3.27. The summed E-state index contributed by atoms with van der Waals surface area (Å²) in [6.07, 6.45) is 0. The van der Waals surface area contributed by atoms with Gasteiger partial charge in [-0.25, -0.2) is 0 Å². The molecule has 1 aromatic carbocycles. The number of benzene rings is 1. The van der Waals surface area contributed by atoms with Crippen molar-refractivity contribution in [1.82, 2.24) is 0 Å². The SMILES string of the molecule is Cc1ccc(ON)c([N+](=O)[O-])c1. The van der Waals surface area contributed by atoms with Gasteiger partial charge in [0.2, 0.25) is 5.75 Å². The maximum absolute atomic E-state index is 10.4. The second-order valence-corrected chi connectivity index (χ2v) is 2.35. The highest BCUT2D eigenvalue weighted by Gasteiger charge is 2.13. The van der Waals surface area contributed by atoms with Gasteiger partial charge in [0.15, 0.2) is 0 Å². The van der Waals surface area contributed by atoms with Crippen molar-refractivity contribution < 1.29 is 9.76 Å². The highest BCUT2D eigenvalue weighted by Crippen LogP contribution is 2.26. The lowest BCUT2D eigenvalue weighted by molar-refractivity contribution is -0.386. The summed E-state index contributed by atoms with van der Waals surface area (Å²) in [6, 6.07) is 4.56. The summed E-state index contributed by atoms with van der Waals surface area (Å²) >= 11 is 0. The lowest BCUT2D eigenvalue weighted by Gasteiger charge is -1.99. The van der Waals surface area contributed by atoms with E-state index in [4.69, 9.17) is 5.90 Å². The summed E-state index contributed by atoms with van der Waals surface area (Å²) in [4.78, 5) is 14.2. The molecule has 5 heteroatoms. The van der Waals surface area contributed by atoms with Crippen LogP contribution in [0.2, 0.25) is 0 Å². The van der Waals surface area contributed by atoms with Gasteiger partial charge < -0.3 is 4.84 Å². The number of nitrogens with zero attached hydrogens (tertiary/aromatic N) is 1. The van der Waals surface area contributed by atoms with Crippen molar-refractivity contribution >= 4 is 5.69 Å². The standard InChI is InChI=1S/C7H8N2O3/c1-5-2-3-7(12-8)6(4-5)9(10)11/h2-4H,8H2,1H3. The van der Waals surface area contributed by atoms with Crippen LogP contribution >= 0.6 is 0 Å². The van der Waals surface area contributed by atoms with E-state index in [2.05, 4.69) is 4.84 Å². The third-order valence-electron chi connectivity index (χ3n) is 1.44. The van der Waals surface area contributed by atoms with Crippen molar-refractivity contribution in [3.05, 3.63) is 33.9 Å². The molecular weight excluding hydrogens is 160 g/mol. The van der Waals surface area contributed by atoms with Gasteiger partial charge >= 0.3 is 5.69 Å². The third kappa shape index (κ3) is 1.51. The van der Waals surface area contributed by atoms with Gasteiger partial charge in [-0.15, -0.1) is 0 Å². The van der Waals surface area contributed by atoms with Crippen LogP contribution in [-0.4, -0.2) is 4.92 Å². The minimum atomic E-state index is -0.533. The van der Waals surface area contributed by atoms with E-state index < -0.39 is 4.92 Å². The molecule has 0 fully saturated rings. The van der Waals surface area contributed by atoms with E-state index in [0.29, 0.717) is 0 Å². The van der Waals surface area contributed by atoms with Gasteiger partial charge in [0, 0.05) is 6.07 Å². The second kappa shape index (κ2) is 3.19. The highest BCUT2D eigenvalue weighted by atomic mass is 16.6. The maximum atomic E-state index is 10.4. The monoisotopic (exact) mass is 168 g/mol. The highest BCUT2D eigenvalue weighted by molar-refractivity contribution is 5.48. The topological polar surface area (TPSA) is 78.4 Å². The van der Waals surface area contributed by atoms with Crippen LogP contribution in [0.25, 0.3) is 0 Å². The number of nitro benzene ring substituents is 1. The van der Waals surface area contributed by atoms with Gasteiger partial charge in [0.05, 0.1) is 4.92 Å². The average molecular weight is 168 g/mol. The Morgan fingerprint density at radius 3 is 2.75 bits per heavy atom. The maximum Gasteiger partial charge on any atom is 0.313 e. The van der Waals surface area contributed by atoms with Crippen molar-refractivity contribution in [2.75, 3.05) is 0 Å². The molecule has 0 saturated carbocycles. The van der Waals surface area contributed by atoms with Gasteiger partial charge in [-0.05, 0) is 18.6 Å². The summed E-state index contributed by atoms with van der Waals surface area (Å²) in [6.45, 7) is 1.76. The number of aryl methyl sites for hydroxylation is 1. The smallest absolute Gasteiger partial charge is 0.313 e. The number of rotatable bonds is 2. The van der Waals surface area contributed by atoms with E-state index in [1.807, 2.05) is 0 Å². The molecule has 0 aliphatic rings. The number of hydrogen-bond donors (Lipinski definition) is 1. The van der Waals surface area contributed by atoms with E-state index in [1.165, 1.54) is 12.1 Å². The molecular formula is C7H8N2O3. The molecule has 0 aromatic heterocycles. The molecule has 0 bridgehead atoms. The van der Waals surface area contributed by atoms with Gasteiger partial charge in [-0.1, -0.05) is 6.07 Å². The molecule has 2 N–H and O–H groups in total. The van der Waals surface area contributed by atoms with E-state index in [1.54, 1.807) is 13.0 Å². The van der Waals surface area contributed by atoms with Crippen LogP contribution in [0.4, 0.5) is 5.69 Å². The molecule has 0 amide bonds. The molecule has 5 nitrogen and oxygen atoms in total. The minimum Gasteiger partial charge on any atom is -0.404 e. The summed E-state index contributed by atoms with van der Waals surface area (Å²) in [7, 11) is 0. The first-order valence-electron chi connectivity index (χ1n) is 3.27. The first-order chi connectivity index (χ1) is 5.65. The van der Waals surface area contributed by atoms with Crippen molar-refractivity contribution in [3.8, 4) is 5.75 Å². The molecule has 1 rings (SSSR count). The quantitative estimate of drug-likeness (QED) is 0.530. The molecule has 64 valence electrons. The molecule has 0 aliphatic heterocycles. The molecule has 0 unspecified atom stereocenters. The summed E-state index contributed by atoms with van der Waals surface area (Å²) in [5.74, 6) is 4.91. The fourth-order valence-electron chi connectivity index (χ4n) is 0.870. The Hall–Kier alpha value is -1.62. The van der Waals surface area contributed by atoms with E-state index >= 15 is 0 Å². The minimum absolute atomic E-state index is 0.0746. The summed E-state index contributed by atoms with van der Waals surface area (Å²) in [5, 5.41) is 10.4. The van der Waals surface area contributed by atoms with Crippen LogP contribution in [0, 0.1) is 17.0 Å². The largest absolute Gasteiger partial charge is 0.404 e. The molecule has 0 aliphatic carbocycles. The Balaban J connectivity index is 3.21. The average Bonchev–Trinajstić information content (AvgIpc) is 2.04. The zero-order valence-corrected chi connectivity index (χ0v) is 6.48.